The predicted molar refractivity (Wildman–Crippen MR) is 85.0 cm³/mol. The second-order valence-corrected chi connectivity index (χ2v) is 6.42. The summed E-state index contributed by atoms with van der Waals surface area (Å²) in [6.07, 6.45) is 4.02. The number of aromatic nitrogens is 1. The Bertz CT molecular complexity index is 514. The smallest absolute Gasteiger partial charge is 0.168 e. The standard InChI is InChI=1S/C17H27N3O/c1-3-14-12(2)19-15-5-4-13(17(21)16(14)15)6-9-20-10-7-18-8-11-20/h13,18-19H,3-11H2,1-2H3. The maximum atomic E-state index is 12.8. The fraction of sp³-hybridized carbons (Fsp3) is 0.706. The van der Waals surface area contributed by atoms with Crippen LogP contribution in [-0.4, -0.2) is 48.4 Å². The molecule has 0 saturated carbocycles. The normalized spacial score (nSPS) is 23.3. The van der Waals surface area contributed by atoms with Gasteiger partial charge in [0.05, 0.1) is 0 Å². The molecule has 4 heteroatoms. The van der Waals surface area contributed by atoms with Crippen LogP contribution in [0.3, 0.4) is 0 Å². The monoisotopic (exact) mass is 289 g/mol. The first-order valence-electron chi connectivity index (χ1n) is 8.38. The van der Waals surface area contributed by atoms with E-state index in [0.717, 1.165) is 64.0 Å². The average Bonchev–Trinajstić information content (AvgIpc) is 2.84. The highest BCUT2D eigenvalue weighted by molar-refractivity contribution is 6.01. The highest BCUT2D eigenvalue weighted by Gasteiger charge is 2.31. The SMILES string of the molecule is CCc1c(C)[nH]c2c1C(=O)C(CCN1CCNCC1)CC2. The van der Waals surface area contributed by atoms with Crippen LogP contribution < -0.4 is 5.32 Å². The van der Waals surface area contributed by atoms with E-state index >= 15 is 0 Å². The number of hydrogen-bond acceptors (Lipinski definition) is 3. The molecule has 1 unspecified atom stereocenters. The number of H-pyrrole nitrogens is 1. The Hall–Kier alpha value is -1.13. The van der Waals surface area contributed by atoms with Crippen LogP contribution >= 0.6 is 0 Å². The zero-order valence-corrected chi connectivity index (χ0v) is 13.3. The number of Topliss-reactive ketones (excluding diaryl/α,β-unsaturated/α-hetero) is 1. The van der Waals surface area contributed by atoms with Gasteiger partial charge < -0.3 is 15.2 Å². The van der Waals surface area contributed by atoms with Crippen molar-refractivity contribution >= 4 is 5.78 Å². The number of aryl methyl sites for hydroxylation is 2. The van der Waals surface area contributed by atoms with Crippen LogP contribution in [0.4, 0.5) is 0 Å². The van der Waals surface area contributed by atoms with E-state index in [1.165, 1.54) is 17.0 Å². The van der Waals surface area contributed by atoms with Gasteiger partial charge in [0.25, 0.3) is 0 Å². The Morgan fingerprint density at radius 1 is 1.29 bits per heavy atom. The van der Waals surface area contributed by atoms with Crippen LogP contribution in [0.2, 0.25) is 0 Å². The summed E-state index contributed by atoms with van der Waals surface area (Å²) >= 11 is 0. The molecule has 1 aromatic heterocycles. The van der Waals surface area contributed by atoms with Gasteiger partial charge >= 0.3 is 0 Å². The van der Waals surface area contributed by atoms with Crippen molar-refractivity contribution in [2.45, 2.75) is 39.5 Å². The maximum absolute atomic E-state index is 12.8. The fourth-order valence-corrected chi connectivity index (χ4v) is 3.86. The van der Waals surface area contributed by atoms with Gasteiger partial charge in [0.2, 0.25) is 0 Å². The van der Waals surface area contributed by atoms with E-state index in [2.05, 4.69) is 29.0 Å². The molecule has 2 aliphatic rings. The number of rotatable bonds is 4. The summed E-state index contributed by atoms with van der Waals surface area (Å²) < 4.78 is 0. The van der Waals surface area contributed by atoms with Crippen molar-refractivity contribution in [1.29, 1.82) is 0 Å². The summed E-state index contributed by atoms with van der Waals surface area (Å²) in [4.78, 5) is 18.8. The molecule has 1 atom stereocenters. The molecule has 1 aromatic rings. The number of piperazine rings is 1. The quantitative estimate of drug-likeness (QED) is 0.890. The summed E-state index contributed by atoms with van der Waals surface area (Å²) in [5.41, 5.74) is 4.67. The third kappa shape index (κ3) is 2.92. The molecule has 0 aromatic carbocycles. The molecule has 0 spiro atoms. The number of aromatic amines is 1. The van der Waals surface area contributed by atoms with Gasteiger partial charge in [0, 0.05) is 49.0 Å². The van der Waals surface area contributed by atoms with E-state index in [1.54, 1.807) is 0 Å². The molecule has 1 aliphatic carbocycles. The second-order valence-electron chi connectivity index (χ2n) is 6.42. The molecular weight excluding hydrogens is 262 g/mol. The molecule has 0 radical (unpaired) electrons. The van der Waals surface area contributed by atoms with Gasteiger partial charge in [-0.25, -0.2) is 0 Å². The molecule has 2 N–H and O–H groups in total. The lowest BCUT2D eigenvalue weighted by molar-refractivity contribution is 0.0879. The molecular formula is C17H27N3O. The zero-order valence-electron chi connectivity index (χ0n) is 13.3. The molecule has 116 valence electrons. The van der Waals surface area contributed by atoms with Crippen LogP contribution in [-0.2, 0) is 12.8 Å². The Morgan fingerprint density at radius 2 is 2.05 bits per heavy atom. The molecule has 21 heavy (non-hydrogen) atoms. The highest BCUT2D eigenvalue weighted by atomic mass is 16.1. The lowest BCUT2D eigenvalue weighted by Gasteiger charge is -2.29. The molecule has 3 rings (SSSR count). The van der Waals surface area contributed by atoms with Gasteiger partial charge in [-0.2, -0.15) is 0 Å². The van der Waals surface area contributed by atoms with Crippen LogP contribution in [0.25, 0.3) is 0 Å². The first-order valence-corrected chi connectivity index (χ1v) is 8.38. The van der Waals surface area contributed by atoms with E-state index in [0.29, 0.717) is 5.78 Å². The maximum Gasteiger partial charge on any atom is 0.168 e. The minimum absolute atomic E-state index is 0.230. The fourth-order valence-electron chi connectivity index (χ4n) is 3.86. The summed E-state index contributed by atoms with van der Waals surface area (Å²) in [5, 5.41) is 3.38. The number of fused-ring (bicyclic) bond motifs is 1. The van der Waals surface area contributed by atoms with Crippen molar-refractivity contribution in [2.24, 2.45) is 5.92 Å². The number of carbonyl (C=O) groups is 1. The highest BCUT2D eigenvalue weighted by Crippen LogP contribution is 2.31. The number of nitrogens with one attached hydrogen (secondary N) is 2. The zero-order chi connectivity index (χ0) is 14.8. The summed E-state index contributed by atoms with van der Waals surface area (Å²) in [5.74, 6) is 0.625. The van der Waals surface area contributed by atoms with Gasteiger partial charge in [-0.05, 0) is 44.7 Å². The van der Waals surface area contributed by atoms with Crippen molar-refractivity contribution in [3.8, 4) is 0 Å². The molecule has 1 fully saturated rings. The van der Waals surface area contributed by atoms with Crippen LogP contribution in [0.15, 0.2) is 0 Å². The lowest BCUT2D eigenvalue weighted by atomic mass is 9.82. The Labute approximate surface area is 127 Å². The van der Waals surface area contributed by atoms with Crippen LogP contribution in [0.1, 0.15) is 47.1 Å². The summed E-state index contributed by atoms with van der Waals surface area (Å²) in [6, 6.07) is 0. The number of carbonyl (C=O) groups excluding carboxylic acids is 1. The Kier molecular flexibility index (Phi) is 4.45. The number of ketones is 1. The average molecular weight is 289 g/mol. The van der Waals surface area contributed by atoms with E-state index in [4.69, 9.17) is 0 Å². The van der Waals surface area contributed by atoms with Crippen molar-refractivity contribution in [1.82, 2.24) is 15.2 Å². The molecule has 2 heterocycles. The van der Waals surface area contributed by atoms with Gasteiger partial charge in [-0.3, -0.25) is 4.79 Å². The number of hydrogen-bond donors (Lipinski definition) is 2. The Balaban J connectivity index is 1.67. The number of nitrogens with zero attached hydrogens (tertiary/aromatic N) is 1. The Morgan fingerprint density at radius 3 is 2.76 bits per heavy atom. The van der Waals surface area contributed by atoms with Gasteiger partial charge in [-0.15, -0.1) is 0 Å². The predicted octanol–water partition coefficient (Wildman–Crippen LogP) is 1.93. The molecule has 4 nitrogen and oxygen atoms in total. The van der Waals surface area contributed by atoms with E-state index in [1.807, 2.05) is 0 Å². The molecule has 0 bridgehead atoms. The minimum Gasteiger partial charge on any atom is -0.362 e. The van der Waals surface area contributed by atoms with Crippen molar-refractivity contribution in [2.75, 3.05) is 32.7 Å². The summed E-state index contributed by atoms with van der Waals surface area (Å²) in [7, 11) is 0. The summed E-state index contributed by atoms with van der Waals surface area (Å²) in [6.45, 7) is 9.72. The van der Waals surface area contributed by atoms with Crippen LogP contribution in [0.5, 0.6) is 0 Å². The second kappa shape index (κ2) is 6.32. The van der Waals surface area contributed by atoms with Crippen molar-refractivity contribution < 1.29 is 4.79 Å². The van der Waals surface area contributed by atoms with Gasteiger partial charge in [-0.1, -0.05) is 6.92 Å². The first-order chi connectivity index (χ1) is 10.2. The topological polar surface area (TPSA) is 48.1 Å². The lowest BCUT2D eigenvalue weighted by Crippen LogP contribution is -2.44. The van der Waals surface area contributed by atoms with Crippen molar-refractivity contribution in [3.05, 3.63) is 22.5 Å². The molecule has 1 saturated heterocycles. The molecule has 0 amide bonds. The van der Waals surface area contributed by atoms with E-state index in [-0.39, 0.29) is 5.92 Å². The van der Waals surface area contributed by atoms with Gasteiger partial charge in [0.1, 0.15) is 0 Å². The van der Waals surface area contributed by atoms with E-state index in [9.17, 15) is 4.79 Å². The molecule has 1 aliphatic heterocycles. The third-order valence-electron chi connectivity index (χ3n) is 5.11. The third-order valence-corrected chi connectivity index (χ3v) is 5.11. The van der Waals surface area contributed by atoms with Crippen molar-refractivity contribution in [3.63, 3.8) is 0 Å². The van der Waals surface area contributed by atoms with E-state index < -0.39 is 0 Å². The van der Waals surface area contributed by atoms with Gasteiger partial charge in [0.15, 0.2) is 5.78 Å². The van der Waals surface area contributed by atoms with Crippen LogP contribution in [0, 0.1) is 12.8 Å². The largest absolute Gasteiger partial charge is 0.362 e. The first kappa shape index (κ1) is 14.8. The minimum atomic E-state index is 0.230.